The second-order valence-electron chi connectivity index (χ2n) is 10.6. The fourth-order valence-electron chi connectivity index (χ4n) is 5.41. The molecule has 0 bridgehead atoms. The van der Waals surface area contributed by atoms with Crippen LogP contribution in [0, 0.1) is 0 Å². The summed E-state index contributed by atoms with van der Waals surface area (Å²) in [5.74, 6) is 0.160. The van der Waals surface area contributed by atoms with Gasteiger partial charge in [-0.25, -0.2) is 0 Å². The Morgan fingerprint density at radius 3 is 2.12 bits per heavy atom. The number of hydrogen-bond donors (Lipinski definition) is 1. The van der Waals surface area contributed by atoms with Gasteiger partial charge in [0, 0.05) is 68.9 Å². The van der Waals surface area contributed by atoms with E-state index >= 15 is 0 Å². The Hall–Kier alpha value is -2.80. The summed E-state index contributed by atoms with van der Waals surface area (Å²) in [5, 5.41) is 3.15. The van der Waals surface area contributed by atoms with Crippen LogP contribution in [0.25, 0.3) is 0 Å². The van der Waals surface area contributed by atoms with Crippen molar-refractivity contribution in [1.82, 2.24) is 9.80 Å². The van der Waals surface area contributed by atoms with Crippen molar-refractivity contribution in [3.05, 3.63) is 53.6 Å². The highest BCUT2D eigenvalue weighted by molar-refractivity contribution is 7.85. The van der Waals surface area contributed by atoms with Gasteiger partial charge < -0.3 is 15.1 Å². The summed E-state index contributed by atoms with van der Waals surface area (Å²) in [6.07, 6.45) is -6.63. The van der Waals surface area contributed by atoms with E-state index in [9.17, 15) is 35.3 Å². The van der Waals surface area contributed by atoms with Gasteiger partial charge in [0.25, 0.3) is 0 Å². The van der Waals surface area contributed by atoms with E-state index in [1.54, 1.807) is 11.8 Å². The quantitative estimate of drug-likeness (QED) is 0.357. The molecule has 0 aliphatic carbocycles. The molecule has 4 rings (SSSR count). The highest BCUT2D eigenvalue weighted by atomic mass is 32.2. The lowest BCUT2D eigenvalue weighted by atomic mass is 10.0. The molecule has 0 spiro atoms. The number of carbonyl (C=O) groups excluding carboxylic acids is 1. The van der Waals surface area contributed by atoms with E-state index < -0.39 is 34.3 Å². The van der Waals surface area contributed by atoms with Crippen LogP contribution in [0.4, 0.5) is 37.7 Å². The number of anilines is 2. The van der Waals surface area contributed by atoms with Crippen molar-refractivity contribution in [1.29, 1.82) is 0 Å². The number of amides is 1. The summed E-state index contributed by atoms with van der Waals surface area (Å²) >= 11 is 0. The number of benzene rings is 2. The number of piperidine rings is 1. The molecule has 1 atom stereocenters. The number of likely N-dealkylation sites (tertiary alicyclic amines) is 1. The van der Waals surface area contributed by atoms with Crippen molar-refractivity contribution >= 4 is 28.1 Å². The fraction of sp³-hybridized carbons (Fsp3) is 0.552. The minimum absolute atomic E-state index is 0.0580. The van der Waals surface area contributed by atoms with Crippen LogP contribution in [0.5, 0.6) is 0 Å². The number of rotatable bonds is 9. The van der Waals surface area contributed by atoms with Gasteiger partial charge in [-0.05, 0) is 68.3 Å². The number of piperazine rings is 1. The third kappa shape index (κ3) is 8.40. The Bertz CT molecular complexity index is 1220. The average molecular weight is 619 g/mol. The average Bonchev–Trinajstić information content (AvgIpc) is 2.96. The van der Waals surface area contributed by atoms with E-state index in [1.165, 1.54) is 24.3 Å². The summed E-state index contributed by atoms with van der Waals surface area (Å²) < 4.78 is 91.1. The molecule has 0 radical (unpaired) electrons. The first kappa shape index (κ1) is 32.1. The first-order valence-corrected chi connectivity index (χ1v) is 15.5. The van der Waals surface area contributed by atoms with Crippen LogP contribution >= 0.6 is 0 Å². The van der Waals surface area contributed by atoms with Crippen LogP contribution in [0.2, 0.25) is 0 Å². The molecule has 42 heavy (non-hydrogen) atoms. The molecule has 2 aromatic carbocycles. The molecule has 2 aliphatic rings. The number of alkyl halides is 6. The number of hydrogen-bond acceptors (Lipinski definition) is 5. The van der Waals surface area contributed by atoms with Crippen molar-refractivity contribution in [3.63, 3.8) is 0 Å². The van der Waals surface area contributed by atoms with Crippen LogP contribution in [-0.4, -0.2) is 77.5 Å². The second kappa shape index (κ2) is 13.7. The minimum atomic E-state index is -4.60. The van der Waals surface area contributed by atoms with E-state index in [4.69, 9.17) is 0 Å². The number of carbonyl (C=O) groups is 1. The first-order valence-electron chi connectivity index (χ1n) is 14.1. The van der Waals surface area contributed by atoms with Crippen molar-refractivity contribution < 1.29 is 35.3 Å². The second-order valence-corrected chi connectivity index (χ2v) is 12.3. The molecule has 2 aliphatic heterocycles. The lowest BCUT2D eigenvalue weighted by Crippen LogP contribution is -2.47. The summed E-state index contributed by atoms with van der Waals surface area (Å²) in [6.45, 7) is 6.29. The van der Waals surface area contributed by atoms with E-state index in [0.29, 0.717) is 57.5 Å². The fourth-order valence-corrected chi connectivity index (χ4v) is 6.36. The molecule has 2 aromatic rings. The monoisotopic (exact) mass is 618 g/mol. The topological polar surface area (TPSA) is 55.9 Å². The summed E-state index contributed by atoms with van der Waals surface area (Å²) in [5.41, 5.74) is -0.462. The molecule has 13 heteroatoms. The SMILES string of the molecule is CCS(=O)c1ccc(NC2CCN(C(=O)CCCN3CCN(c4ccc(C(F)(F)F)cc4)CC3)CC2)cc1C(F)(F)F. The summed E-state index contributed by atoms with van der Waals surface area (Å²) in [4.78, 5) is 18.7. The molecule has 1 amide bonds. The van der Waals surface area contributed by atoms with Crippen LogP contribution in [-0.2, 0) is 27.9 Å². The number of halogens is 6. The van der Waals surface area contributed by atoms with Crippen LogP contribution < -0.4 is 10.2 Å². The van der Waals surface area contributed by atoms with Crippen molar-refractivity contribution in [2.75, 3.05) is 61.8 Å². The van der Waals surface area contributed by atoms with Crippen molar-refractivity contribution in [2.24, 2.45) is 0 Å². The molecule has 6 nitrogen and oxygen atoms in total. The maximum atomic E-state index is 13.6. The Labute approximate surface area is 244 Å². The molecular formula is C29H36F6N4O2S. The maximum Gasteiger partial charge on any atom is 0.417 e. The van der Waals surface area contributed by atoms with Gasteiger partial charge in [-0.1, -0.05) is 6.92 Å². The summed E-state index contributed by atoms with van der Waals surface area (Å²) in [6, 6.07) is 8.96. The molecule has 2 saturated heterocycles. The van der Waals surface area contributed by atoms with Gasteiger partial charge in [0.15, 0.2) is 0 Å². The molecule has 1 unspecified atom stereocenters. The standard InChI is InChI=1S/C29H36F6N4O2S/c1-2-42(41)26-10-7-23(20-25(26)29(33,34)35)36-22-11-14-39(15-12-22)27(40)4-3-13-37-16-18-38(19-17-37)24-8-5-21(6-9-24)28(30,31)32/h5-10,20,22,36H,2-4,11-19H2,1H3. The normalized spacial score (nSPS) is 18.3. The number of nitrogens with one attached hydrogen (secondary N) is 1. The van der Waals surface area contributed by atoms with E-state index in [2.05, 4.69) is 15.1 Å². The molecular weight excluding hydrogens is 582 g/mol. The molecule has 232 valence electrons. The molecule has 0 aromatic heterocycles. The maximum absolute atomic E-state index is 13.6. The predicted molar refractivity (Wildman–Crippen MR) is 151 cm³/mol. The Balaban J connectivity index is 1.17. The third-order valence-electron chi connectivity index (χ3n) is 7.81. The van der Waals surface area contributed by atoms with Crippen LogP contribution in [0.1, 0.15) is 43.7 Å². The van der Waals surface area contributed by atoms with Gasteiger partial charge in [-0.3, -0.25) is 13.9 Å². The third-order valence-corrected chi connectivity index (χ3v) is 9.18. The predicted octanol–water partition coefficient (Wildman–Crippen LogP) is 5.86. The van der Waals surface area contributed by atoms with E-state index in [0.717, 1.165) is 43.5 Å². The molecule has 1 N–H and O–H groups in total. The first-order chi connectivity index (χ1) is 19.8. The lowest BCUT2D eigenvalue weighted by Gasteiger charge is -2.36. The Morgan fingerprint density at radius 2 is 1.55 bits per heavy atom. The highest BCUT2D eigenvalue weighted by Gasteiger charge is 2.35. The van der Waals surface area contributed by atoms with Crippen LogP contribution in [0.15, 0.2) is 47.4 Å². The van der Waals surface area contributed by atoms with Gasteiger partial charge in [0.1, 0.15) is 0 Å². The lowest BCUT2D eigenvalue weighted by molar-refractivity contribution is -0.140. The zero-order valence-corrected chi connectivity index (χ0v) is 24.3. The van der Waals surface area contributed by atoms with Crippen molar-refractivity contribution in [3.8, 4) is 0 Å². The van der Waals surface area contributed by atoms with Gasteiger partial charge in [-0.2, -0.15) is 26.3 Å². The largest absolute Gasteiger partial charge is 0.417 e. The zero-order chi connectivity index (χ0) is 30.5. The zero-order valence-electron chi connectivity index (χ0n) is 23.4. The minimum Gasteiger partial charge on any atom is -0.382 e. The Morgan fingerprint density at radius 1 is 0.905 bits per heavy atom. The van der Waals surface area contributed by atoms with Gasteiger partial charge >= 0.3 is 12.4 Å². The van der Waals surface area contributed by atoms with E-state index in [1.807, 2.05) is 0 Å². The number of nitrogens with zero attached hydrogens (tertiary/aromatic N) is 3. The highest BCUT2D eigenvalue weighted by Crippen LogP contribution is 2.36. The molecule has 2 heterocycles. The molecule has 0 saturated carbocycles. The van der Waals surface area contributed by atoms with Gasteiger partial charge in [0.05, 0.1) is 26.8 Å². The van der Waals surface area contributed by atoms with E-state index in [-0.39, 0.29) is 22.6 Å². The Kier molecular flexibility index (Phi) is 10.4. The summed E-state index contributed by atoms with van der Waals surface area (Å²) in [7, 11) is -1.72. The smallest absolute Gasteiger partial charge is 0.382 e. The van der Waals surface area contributed by atoms with Gasteiger partial charge in [-0.15, -0.1) is 0 Å². The van der Waals surface area contributed by atoms with Crippen molar-refractivity contribution in [2.45, 2.75) is 55.9 Å². The van der Waals surface area contributed by atoms with Crippen LogP contribution in [0.3, 0.4) is 0 Å². The van der Waals surface area contributed by atoms with Gasteiger partial charge in [0.2, 0.25) is 5.91 Å². The molecule has 2 fully saturated rings.